The third-order valence-electron chi connectivity index (χ3n) is 1.28. The van der Waals surface area contributed by atoms with Gasteiger partial charge in [0.05, 0.1) is 0 Å². The molecule has 0 saturated heterocycles. The van der Waals surface area contributed by atoms with Gasteiger partial charge < -0.3 is 0 Å². The summed E-state index contributed by atoms with van der Waals surface area (Å²) in [4.78, 5) is 0. The van der Waals surface area contributed by atoms with Crippen LogP contribution in [0.15, 0.2) is 35.5 Å². The molecule has 0 unspecified atom stereocenters. The molecule has 0 fully saturated rings. The SMILES string of the molecule is C=C(C)CC(C)=CC=C(C)C. The fourth-order valence-electron chi connectivity index (χ4n) is 0.844. The van der Waals surface area contributed by atoms with Crippen LogP contribution in [0.1, 0.15) is 34.1 Å². The highest BCUT2D eigenvalue weighted by molar-refractivity contribution is 5.17. The molecule has 0 aliphatic heterocycles. The Morgan fingerprint density at radius 3 is 2.00 bits per heavy atom. The Morgan fingerprint density at radius 2 is 1.64 bits per heavy atom. The first-order chi connectivity index (χ1) is 5.02. The van der Waals surface area contributed by atoms with Crippen molar-refractivity contribution in [3.05, 3.63) is 35.5 Å². The van der Waals surface area contributed by atoms with Crippen LogP contribution in [0.3, 0.4) is 0 Å². The van der Waals surface area contributed by atoms with Crippen molar-refractivity contribution in [3.63, 3.8) is 0 Å². The first kappa shape index (κ1) is 10.2. The smallest absolute Gasteiger partial charge is 0.0114 e. The summed E-state index contributed by atoms with van der Waals surface area (Å²) in [6, 6.07) is 0. The zero-order chi connectivity index (χ0) is 8.85. The van der Waals surface area contributed by atoms with Gasteiger partial charge in [0, 0.05) is 0 Å². The topological polar surface area (TPSA) is 0 Å². The molecule has 0 saturated carbocycles. The molecule has 0 aromatic heterocycles. The molecule has 0 spiro atoms. The van der Waals surface area contributed by atoms with E-state index in [4.69, 9.17) is 0 Å². The Balaban J connectivity index is 4.02. The Labute approximate surface area is 70.3 Å². The highest BCUT2D eigenvalue weighted by Crippen LogP contribution is 2.07. The van der Waals surface area contributed by atoms with Gasteiger partial charge in [-0.1, -0.05) is 35.5 Å². The summed E-state index contributed by atoms with van der Waals surface area (Å²) in [6.45, 7) is 12.3. The molecule has 0 aromatic rings. The van der Waals surface area contributed by atoms with Crippen LogP contribution in [0.5, 0.6) is 0 Å². The summed E-state index contributed by atoms with van der Waals surface area (Å²) in [7, 11) is 0. The molecule has 0 aliphatic carbocycles. The molecule has 0 heterocycles. The van der Waals surface area contributed by atoms with Crippen molar-refractivity contribution in [3.8, 4) is 0 Å². The molecule has 0 heteroatoms. The molecule has 0 N–H and O–H groups in total. The molecule has 0 aromatic carbocycles. The summed E-state index contributed by atoms with van der Waals surface area (Å²) in [6.07, 6.45) is 5.31. The zero-order valence-electron chi connectivity index (χ0n) is 8.07. The molecule has 11 heavy (non-hydrogen) atoms. The lowest BCUT2D eigenvalue weighted by Crippen LogP contribution is -1.76. The summed E-state index contributed by atoms with van der Waals surface area (Å²) >= 11 is 0. The van der Waals surface area contributed by atoms with Gasteiger partial charge in [-0.25, -0.2) is 0 Å². The fourth-order valence-corrected chi connectivity index (χ4v) is 0.844. The second kappa shape index (κ2) is 4.95. The summed E-state index contributed by atoms with van der Waals surface area (Å²) in [5.41, 5.74) is 3.94. The largest absolute Gasteiger partial charge is 0.0998 e. The van der Waals surface area contributed by atoms with Crippen molar-refractivity contribution in [2.45, 2.75) is 34.1 Å². The third-order valence-corrected chi connectivity index (χ3v) is 1.28. The molecule has 0 aliphatic rings. The van der Waals surface area contributed by atoms with E-state index in [-0.39, 0.29) is 0 Å². The van der Waals surface area contributed by atoms with Crippen LogP contribution in [-0.4, -0.2) is 0 Å². The van der Waals surface area contributed by atoms with E-state index < -0.39 is 0 Å². The second-order valence-electron chi connectivity index (χ2n) is 3.39. The van der Waals surface area contributed by atoms with Crippen molar-refractivity contribution in [1.29, 1.82) is 0 Å². The monoisotopic (exact) mass is 150 g/mol. The van der Waals surface area contributed by atoms with E-state index in [2.05, 4.69) is 46.4 Å². The Kier molecular flexibility index (Phi) is 4.60. The van der Waals surface area contributed by atoms with Crippen molar-refractivity contribution in [2.75, 3.05) is 0 Å². The molecule has 62 valence electrons. The quantitative estimate of drug-likeness (QED) is 0.423. The molecule has 0 rings (SSSR count). The van der Waals surface area contributed by atoms with Crippen LogP contribution in [0.4, 0.5) is 0 Å². The van der Waals surface area contributed by atoms with E-state index in [1.165, 1.54) is 16.7 Å². The van der Waals surface area contributed by atoms with Gasteiger partial charge in [0.25, 0.3) is 0 Å². The summed E-state index contributed by atoms with van der Waals surface area (Å²) in [5, 5.41) is 0. The van der Waals surface area contributed by atoms with E-state index in [1.54, 1.807) is 0 Å². The molecule has 0 bridgehead atoms. The standard InChI is InChI=1S/C11H18/c1-9(2)6-7-11(5)8-10(3)4/h6-7H,3,8H2,1-2,4-5H3. The van der Waals surface area contributed by atoms with Crippen LogP contribution < -0.4 is 0 Å². The van der Waals surface area contributed by atoms with E-state index in [0.29, 0.717) is 0 Å². The number of hydrogen-bond donors (Lipinski definition) is 0. The first-order valence-electron chi connectivity index (χ1n) is 3.97. The minimum Gasteiger partial charge on any atom is -0.0998 e. The second-order valence-corrected chi connectivity index (χ2v) is 3.39. The lowest BCUT2D eigenvalue weighted by molar-refractivity contribution is 1.12. The fraction of sp³-hybridized carbons (Fsp3) is 0.455. The third kappa shape index (κ3) is 7.11. The maximum atomic E-state index is 3.86. The predicted octanol–water partition coefficient (Wildman–Crippen LogP) is 3.87. The highest BCUT2D eigenvalue weighted by Gasteiger charge is 1.87. The molecule has 0 atom stereocenters. The van der Waals surface area contributed by atoms with Gasteiger partial charge in [-0.15, -0.1) is 0 Å². The van der Waals surface area contributed by atoms with Crippen molar-refractivity contribution >= 4 is 0 Å². The van der Waals surface area contributed by atoms with Crippen LogP contribution in [0, 0.1) is 0 Å². The average Bonchev–Trinajstić information content (AvgIpc) is 1.82. The van der Waals surface area contributed by atoms with Gasteiger partial charge in [-0.05, 0) is 34.1 Å². The van der Waals surface area contributed by atoms with E-state index in [0.717, 1.165) is 6.42 Å². The lowest BCUT2D eigenvalue weighted by Gasteiger charge is -1.97. The Morgan fingerprint density at radius 1 is 1.09 bits per heavy atom. The zero-order valence-corrected chi connectivity index (χ0v) is 8.07. The normalized spacial score (nSPS) is 11.1. The molecular weight excluding hydrogens is 132 g/mol. The molecule has 0 nitrogen and oxygen atoms in total. The predicted molar refractivity (Wildman–Crippen MR) is 52.6 cm³/mol. The Bertz CT molecular complexity index is 188. The van der Waals surface area contributed by atoms with Gasteiger partial charge in [0.1, 0.15) is 0 Å². The van der Waals surface area contributed by atoms with Crippen molar-refractivity contribution in [1.82, 2.24) is 0 Å². The van der Waals surface area contributed by atoms with Gasteiger partial charge in [0.2, 0.25) is 0 Å². The van der Waals surface area contributed by atoms with Gasteiger partial charge in [-0.2, -0.15) is 0 Å². The molecule has 0 amide bonds. The highest BCUT2D eigenvalue weighted by atomic mass is 13.9. The molecular formula is C11H18. The summed E-state index contributed by atoms with van der Waals surface area (Å²) < 4.78 is 0. The van der Waals surface area contributed by atoms with E-state index in [1.807, 2.05) is 0 Å². The number of hydrogen-bond acceptors (Lipinski definition) is 0. The Hall–Kier alpha value is -0.780. The van der Waals surface area contributed by atoms with Crippen LogP contribution in [0.25, 0.3) is 0 Å². The number of rotatable bonds is 3. The first-order valence-corrected chi connectivity index (χ1v) is 3.97. The van der Waals surface area contributed by atoms with Gasteiger partial charge in [-0.3, -0.25) is 0 Å². The lowest BCUT2D eigenvalue weighted by atomic mass is 10.1. The maximum absolute atomic E-state index is 3.86. The van der Waals surface area contributed by atoms with Crippen LogP contribution in [-0.2, 0) is 0 Å². The van der Waals surface area contributed by atoms with Crippen molar-refractivity contribution in [2.24, 2.45) is 0 Å². The minimum atomic E-state index is 1.02. The van der Waals surface area contributed by atoms with Crippen LogP contribution >= 0.6 is 0 Å². The maximum Gasteiger partial charge on any atom is -0.0114 e. The van der Waals surface area contributed by atoms with Crippen LogP contribution in [0.2, 0.25) is 0 Å². The van der Waals surface area contributed by atoms with Gasteiger partial charge in [0.15, 0.2) is 0 Å². The minimum absolute atomic E-state index is 1.02. The molecule has 0 radical (unpaired) electrons. The van der Waals surface area contributed by atoms with Gasteiger partial charge >= 0.3 is 0 Å². The van der Waals surface area contributed by atoms with E-state index >= 15 is 0 Å². The average molecular weight is 150 g/mol. The number of allylic oxidation sites excluding steroid dienone is 5. The van der Waals surface area contributed by atoms with E-state index in [9.17, 15) is 0 Å². The summed E-state index contributed by atoms with van der Waals surface area (Å²) in [5.74, 6) is 0. The van der Waals surface area contributed by atoms with Crippen molar-refractivity contribution < 1.29 is 0 Å².